The zero-order chi connectivity index (χ0) is 11.8. The van der Waals surface area contributed by atoms with Crippen LogP contribution in [0.5, 0.6) is 5.75 Å². The van der Waals surface area contributed by atoms with E-state index in [1.807, 2.05) is 6.07 Å². The molecule has 1 aliphatic heterocycles. The van der Waals surface area contributed by atoms with Crippen molar-refractivity contribution < 1.29 is 9.13 Å². The van der Waals surface area contributed by atoms with Gasteiger partial charge >= 0.3 is 0 Å². The van der Waals surface area contributed by atoms with Gasteiger partial charge in [-0.1, -0.05) is 0 Å². The molecular formula is C12H6FN3O. The van der Waals surface area contributed by atoms with Gasteiger partial charge in [0.2, 0.25) is 0 Å². The Hall–Kier alpha value is -2.48. The molecule has 0 aliphatic carbocycles. The van der Waals surface area contributed by atoms with Gasteiger partial charge in [0.25, 0.3) is 0 Å². The lowest BCUT2D eigenvalue weighted by Crippen LogP contribution is -2.10. The average molecular weight is 227 g/mol. The highest BCUT2D eigenvalue weighted by Gasteiger charge is 2.23. The van der Waals surface area contributed by atoms with Crippen LogP contribution in [0.2, 0.25) is 0 Å². The highest BCUT2D eigenvalue weighted by molar-refractivity contribution is 5.72. The topological polar surface area (TPSA) is 58.8 Å². The molecule has 0 N–H and O–H groups in total. The van der Waals surface area contributed by atoms with Gasteiger partial charge in [0.15, 0.2) is 11.6 Å². The van der Waals surface area contributed by atoms with Crippen LogP contribution in [0.3, 0.4) is 0 Å². The van der Waals surface area contributed by atoms with Crippen molar-refractivity contribution in [2.75, 3.05) is 0 Å². The third-order valence-corrected chi connectivity index (χ3v) is 2.56. The standard InChI is InChI=1S/C12H6FN3O/c13-9-4-7(5-14)3-8-11-10(6-17-12(8)9)15-1-2-16-11/h1-4H,6H2. The molecule has 2 heterocycles. The fraction of sp³-hybridized carbons (Fsp3) is 0.0833. The van der Waals surface area contributed by atoms with Crippen LogP contribution in [-0.4, -0.2) is 9.97 Å². The van der Waals surface area contributed by atoms with Crippen molar-refractivity contribution in [1.29, 1.82) is 5.26 Å². The molecule has 0 unspecified atom stereocenters. The fourth-order valence-corrected chi connectivity index (χ4v) is 1.82. The van der Waals surface area contributed by atoms with Crippen molar-refractivity contribution in [2.24, 2.45) is 0 Å². The molecule has 0 spiro atoms. The van der Waals surface area contributed by atoms with Crippen LogP contribution in [-0.2, 0) is 6.61 Å². The first-order chi connectivity index (χ1) is 8.29. The molecule has 0 atom stereocenters. The molecule has 0 bridgehead atoms. The number of hydrogen-bond donors (Lipinski definition) is 0. The van der Waals surface area contributed by atoms with Gasteiger partial charge in [0, 0.05) is 18.0 Å². The van der Waals surface area contributed by atoms with Crippen molar-refractivity contribution in [3.8, 4) is 23.1 Å². The Morgan fingerprint density at radius 2 is 2.12 bits per heavy atom. The number of hydrogen-bond acceptors (Lipinski definition) is 4. The third kappa shape index (κ3) is 1.42. The van der Waals surface area contributed by atoms with Gasteiger partial charge in [-0.15, -0.1) is 0 Å². The predicted octanol–water partition coefficient (Wildman–Crippen LogP) is 2.05. The Bertz CT molecular complexity index is 649. The second-order valence-corrected chi connectivity index (χ2v) is 3.59. The number of aromatic nitrogens is 2. The summed E-state index contributed by atoms with van der Waals surface area (Å²) in [7, 11) is 0. The monoisotopic (exact) mass is 227 g/mol. The number of nitrogens with zero attached hydrogens (tertiary/aromatic N) is 3. The Morgan fingerprint density at radius 3 is 2.94 bits per heavy atom. The Kier molecular flexibility index (Phi) is 2.02. The van der Waals surface area contributed by atoms with E-state index in [9.17, 15) is 4.39 Å². The predicted molar refractivity (Wildman–Crippen MR) is 56.5 cm³/mol. The summed E-state index contributed by atoms with van der Waals surface area (Å²) in [6.07, 6.45) is 3.09. The van der Waals surface area contributed by atoms with Crippen LogP contribution in [0.25, 0.3) is 11.3 Å². The van der Waals surface area contributed by atoms with Crippen LogP contribution in [0.4, 0.5) is 4.39 Å². The molecule has 0 fully saturated rings. The van der Waals surface area contributed by atoms with Crippen LogP contribution in [0.15, 0.2) is 24.5 Å². The second kappa shape index (κ2) is 3.52. The summed E-state index contributed by atoms with van der Waals surface area (Å²) in [5.41, 5.74) is 1.94. The van der Waals surface area contributed by atoms with Gasteiger partial charge in [-0.2, -0.15) is 5.26 Å². The van der Waals surface area contributed by atoms with E-state index in [0.29, 0.717) is 17.0 Å². The summed E-state index contributed by atoms with van der Waals surface area (Å²) in [6.45, 7) is 0.193. The van der Waals surface area contributed by atoms with Crippen molar-refractivity contribution in [3.05, 3.63) is 41.6 Å². The number of rotatable bonds is 0. The quantitative estimate of drug-likeness (QED) is 0.691. The molecule has 2 aromatic rings. The summed E-state index contributed by atoms with van der Waals surface area (Å²) in [4.78, 5) is 8.27. The number of fused-ring (bicyclic) bond motifs is 3. The van der Waals surface area contributed by atoms with Crippen molar-refractivity contribution >= 4 is 0 Å². The fourth-order valence-electron chi connectivity index (χ4n) is 1.82. The number of benzene rings is 1. The molecule has 0 amide bonds. The molecule has 1 aromatic heterocycles. The molecule has 0 saturated carbocycles. The maximum absolute atomic E-state index is 13.7. The highest BCUT2D eigenvalue weighted by Crippen LogP contribution is 2.37. The molecule has 0 saturated heterocycles. The summed E-state index contributed by atoms with van der Waals surface area (Å²) in [5, 5.41) is 8.82. The summed E-state index contributed by atoms with van der Waals surface area (Å²) >= 11 is 0. The smallest absolute Gasteiger partial charge is 0.167 e. The van der Waals surface area contributed by atoms with Crippen molar-refractivity contribution in [1.82, 2.24) is 9.97 Å². The van der Waals surface area contributed by atoms with E-state index in [-0.39, 0.29) is 17.9 Å². The number of nitriles is 1. The third-order valence-electron chi connectivity index (χ3n) is 2.56. The minimum Gasteiger partial charge on any atom is -0.483 e. The average Bonchev–Trinajstić information content (AvgIpc) is 2.38. The lowest BCUT2D eigenvalue weighted by atomic mass is 10.0. The highest BCUT2D eigenvalue weighted by atomic mass is 19.1. The molecule has 5 heteroatoms. The molecular weight excluding hydrogens is 221 g/mol. The van der Waals surface area contributed by atoms with Gasteiger partial charge in [0.1, 0.15) is 12.3 Å². The zero-order valence-electron chi connectivity index (χ0n) is 8.64. The van der Waals surface area contributed by atoms with E-state index in [1.54, 1.807) is 12.3 Å². The molecule has 4 nitrogen and oxygen atoms in total. The zero-order valence-corrected chi connectivity index (χ0v) is 8.64. The van der Waals surface area contributed by atoms with Gasteiger partial charge < -0.3 is 4.74 Å². The van der Waals surface area contributed by atoms with Crippen molar-refractivity contribution in [2.45, 2.75) is 6.61 Å². The lowest BCUT2D eigenvalue weighted by molar-refractivity contribution is 0.281. The van der Waals surface area contributed by atoms with Gasteiger partial charge in [0.05, 0.1) is 17.3 Å². The van der Waals surface area contributed by atoms with E-state index >= 15 is 0 Å². The number of ether oxygens (including phenoxy) is 1. The Labute approximate surface area is 96.3 Å². The second-order valence-electron chi connectivity index (χ2n) is 3.59. The van der Waals surface area contributed by atoms with Crippen molar-refractivity contribution in [3.63, 3.8) is 0 Å². The van der Waals surface area contributed by atoms with E-state index in [1.165, 1.54) is 6.20 Å². The Morgan fingerprint density at radius 1 is 1.29 bits per heavy atom. The van der Waals surface area contributed by atoms with Gasteiger partial charge in [-0.05, 0) is 12.1 Å². The first-order valence-electron chi connectivity index (χ1n) is 4.96. The maximum atomic E-state index is 13.7. The largest absolute Gasteiger partial charge is 0.483 e. The minimum atomic E-state index is -0.546. The SMILES string of the molecule is N#Cc1cc(F)c2c(c1)-c1nccnc1CO2. The van der Waals surface area contributed by atoms with Crippen LogP contribution >= 0.6 is 0 Å². The molecule has 82 valence electrons. The van der Waals surface area contributed by atoms with E-state index in [2.05, 4.69) is 9.97 Å². The van der Waals surface area contributed by atoms with E-state index < -0.39 is 5.82 Å². The summed E-state index contributed by atoms with van der Waals surface area (Å²) in [6, 6.07) is 4.62. The molecule has 0 radical (unpaired) electrons. The summed E-state index contributed by atoms with van der Waals surface area (Å²) in [5.74, 6) is -0.410. The molecule has 1 aliphatic rings. The number of halogens is 1. The van der Waals surface area contributed by atoms with E-state index in [0.717, 1.165) is 6.07 Å². The molecule has 17 heavy (non-hydrogen) atoms. The van der Waals surface area contributed by atoms with Gasteiger partial charge in [-0.3, -0.25) is 9.97 Å². The first-order valence-corrected chi connectivity index (χ1v) is 4.96. The van der Waals surface area contributed by atoms with Crippen LogP contribution < -0.4 is 4.74 Å². The lowest BCUT2D eigenvalue weighted by Gasteiger charge is -2.19. The normalized spacial score (nSPS) is 12.0. The maximum Gasteiger partial charge on any atom is 0.167 e. The minimum absolute atomic E-state index is 0.136. The van der Waals surface area contributed by atoms with E-state index in [4.69, 9.17) is 10.00 Å². The first kappa shape index (κ1) is 9.73. The molecule has 1 aromatic carbocycles. The molecule has 3 rings (SSSR count). The van der Waals surface area contributed by atoms with Crippen LogP contribution in [0, 0.1) is 17.1 Å². The Balaban J connectivity index is 2.31. The summed E-state index contributed by atoms with van der Waals surface area (Å²) < 4.78 is 19.0. The van der Waals surface area contributed by atoms with Crippen LogP contribution in [0.1, 0.15) is 11.3 Å². The van der Waals surface area contributed by atoms with Gasteiger partial charge in [-0.25, -0.2) is 4.39 Å².